The zero-order valence-corrected chi connectivity index (χ0v) is 14.2. The second-order valence-electron chi connectivity index (χ2n) is 5.85. The Morgan fingerprint density at radius 3 is 2.42 bits per heavy atom. The number of nitrogens with one attached hydrogen (secondary N) is 1. The molecular formula is C13H29ClN2O2S. The first-order chi connectivity index (χ1) is 8.32. The highest BCUT2D eigenvalue weighted by Gasteiger charge is 2.32. The van der Waals surface area contributed by atoms with Crippen LogP contribution in [0.3, 0.4) is 0 Å². The predicted octanol–water partition coefficient (Wildman–Crippen LogP) is 1.55. The van der Waals surface area contributed by atoms with E-state index in [1.807, 2.05) is 6.92 Å². The molecule has 2 unspecified atom stereocenters. The minimum Gasteiger partial charge on any atom is -0.316 e. The molecule has 1 fully saturated rings. The van der Waals surface area contributed by atoms with Crippen molar-refractivity contribution >= 4 is 22.2 Å². The van der Waals surface area contributed by atoms with E-state index in [9.17, 15) is 8.42 Å². The summed E-state index contributed by atoms with van der Waals surface area (Å²) in [4.78, 5) is 2.31. The Bertz CT molecular complexity index is 354. The molecule has 0 aromatic carbocycles. The van der Waals surface area contributed by atoms with Crippen LogP contribution in [0.5, 0.6) is 0 Å². The molecule has 1 aliphatic rings. The first-order valence-corrected chi connectivity index (χ1v) is 8.79. The maximum absolute atomic E-state index is 11.7. The molecule has 0 radical (unpaired) electrons. The summed E-state index contributed by atoms with van der Waals surface area (Å²) in [5.41, 5.74) is 0.292. The molecule has 19 heavy (non-hydrogen) atoms. The van der Waals surface area contributed by atoms with Gasteiger partial charge < -0.3 is 5.32 Å². The van der Waals surface area contributed by atoms with Crippen molar-refractivity contribution in [3.63, 3.8) is 0 Å². The van der Waals surface area contributed by atoms with Gasteiger partial charge in [-0.3, -0.25) is 4.90 Å². The van der Waals surface area contributed by atoms with Gasteiger partial charge in [0.2, 0.25) is 0 Å². The second-order valence-corrected chi connectivity index (χ2v) is 8.25. The normalized spacial score (nSPS) is 25.3. The summed E-state index contributed by atoms with van der Waals surface area (Å²) in [7, 11) is -2.88. The standard InChI is InChI=1S/C13H28N2O2S.ClH/c1-5-15(11-13(4)7-8-14-10-13)12(3)9-18(16,17)6-2;/h12,14H,5-11H2,1-4H3;1H. The summed E-state index contributed by atoms with van der Waals surface area (Å²) in [6.07, 6.45) is 1.18. The molecule has 0 aliphatic carbocycles. The van der Waals surface area contributed by atoms with Crippen molar-refractivity contribution in [3.8, 4) is 0 Å². The fourth-order valence-corrected chi connectivity index (χ4v) is 3.85. The molecule has 0 bridgehead atoms. The number of sulfone groups is 1. The molecule has 0 amide bonds. The molecule has 1 N–H and O–H groups in total. The van der Waals surface area contributed by atoms with Gasteiger partial charge in [-0.2, -0.15) is 0 Å². The lowest BCUT2D eigenvalue weighted by Crippen LogP contribution is -2.45. The van der Waals surface area contributed by atoms with Gasteiger partial charge in [0.25, 0.3) is 0 Å². The molecule has 0 saturated carbocycles. The average Bonchev–Trinajstić information content (AvgIpc) is 2.72. The molecule has 2 atom stereocenters. The minimum atomic E-state index is -2.88. The highest BCUT2D eigenvalue weighted by atomic mass is 35.5. The van der Waals surface area contributed by atoms with Gasteiger partial charge in [-0.05, 0) is 31.8 Å². The van der Waals surface area contributed by atoms with E-state index < -0.39 is 9.84 Å². The molecule has 1 aliphatic heterocycles. The predicted molar refractivity (Wildman–Crippen MR) is 83.9 cm³/mol. The van der Waals surface area contributed by atoms with E-state index >= 15 is 0 Å². The Hall–Kier alpha value is 0.160. The Balaban J connectivity index is 0.00000324. The first kappa shape index (κ1) is 19.2. The van der Waals surface area contributed by atoms with Gasteiger partial charge >= 0.3 is 0 Å². The Labute approximate surface area is 124 Å². The Kier molecular flexibility index (Phi) is 7.88. The van der Waals surface area contributed by atoms with E-state index in [2.05, 4.69) is 24.1 Å². The summed E-state index contributed by atoms with van der Waals surface area (Å²) in [5.74, 6) is 0.522. The van der Waals surface area contributed by atoms with Gasteiger partial charge in [-0.15, -0.1) is 12.4 Å². The lowest BCUT2D eigenvalue weighted by atomic mass is 9.89. The third-order valence-electron chi connectivity index (χ3n) is 4.01. The van der Waals surface area contributed by atoms with Crippen molar-refractivity contribution in [2.45, 2.75) is 40.2 Å². The van der Waals surface area contributed by atoms with E-state index in [1.54, 1.807) is 6.92 Å². The van der Waals surface area contributed by atoms with Crippen LogP contribution in [0.2, 0.25) is 0 Å². The van der Waals surface area contributed by atoms with Crippen LogP contribution in [-0.2, 0) is 9.84 Å². The highest BCUT2D eigenvalue weighted by Crippen LogP contribution is 2.26. The Morgan fingerprint density at radius 2 is 2.00 bits per heavy atom. The first-order valence-electron chi connectivity index (χ1n) is 6.97. The zero-order chi connectivity index (χ0) is 13.8. The maximum atomic E-state index is 11.7. The summed E-state index contributed by atoms with van der Waals surface area (Å²) in [6, 6.07) is 0.109. The molecule has 0 spiro atoms. The fraction of sp³-hybridized carbons (Fsp3) is 1.00. The number of hydrogen-bond donors (Lipinski definition) is 1. The molecule has 1 rings (SSSR count). The van der Waals surface area contributed by atoms with Gasteiger partial charge in [0.15, 0.2) is 9.84 Å². The van der Waals surface area contributed by atoms with Gasteiger partial charge in [0, 0.05) is 24.9 Å². The van der Waals surface area contributed by atoms with Crippen LogP contribution >= 0.6 is 12.4 Å². The van der Waals surface area contributed by atoms with Gasteiger partial charge in [-0.25, -0.2) is 8.42 Å². The minimum absolute atomic E-state index is 0. The molecule has 116 valence electrons. The number of nitrogens with zero attached hydrogens (tertiary/aromatic N) is 1. The van der Waals surface area contributed by atoms with Crippen molar-refractivity contribution in [3.05, 3.63) is 0 Å². The number of rotatable bonds is 7. The monoisotopic (exact) mass is 312 g/mol. The Morgan fingerprint density at radius 1 is 1.37 bits per heavy atom. The smallest absolute Gasteiger partial charge is 0.151 e. The van der Waals surface area contributed by atoms with Crippen LogP contribution in [0.25, 0.3) is 0 Å². The lowest BCUT2D eigenvalue weighted by molar-refractivity contribution is 0.152. The summed E-state index contributed by atoms with van der Waals surface area (Å²) in [6.45, 7) is 12.2. The highest BCUT2D eigenvalue weighted by molar-refractivity contribution is 7.91. The van der Waals surface area contributed by atoms with Crippen LogP contribution in [0.1, 0.15) is 34.1 Å². The molecule has 0 aromatic rings. The quantitative estimate of drug-likeness (QED) is 0.775. The molecule has 6 heteroatoms. The maximum Gasteiger partial charge on any atom is 0.151 e. The largest absolute Gasteiger partial charge is 0.316 e. The molecule has 4 nitrogen and oxygen atoms in total. The van der Waals surface area contributed by atoms with Crippen LogP contribution in [-0.4, -0.2) is 57.0 Å². The van der Waals surface area contributed by atoms with Crippen LogP contribution in [0.4, 0.5) is 0 Å². The lowest BCUT2D eigenvalue weighted by Gasteiger charge is -2.35. The summed E-state index contributed by atoms with van der Waals surface area (Å²) < 4.78 is 23.4. The van der Waals surface area contributed by atoms with E-state index in [0.29, 0.717) is 5.41 Å². The van der Waals surface area contributed by atoms with E-state index in [-0.39, 0.29) is 30.0 Å². The summed E-state index contributed by atoms with van der Waals surface area (Å²) in [5, 5.41) is 3.40. The van der Waals surface area contributed by atoms with Crippen molar-refractivity contribution in [2.75, 3.05) is 37.7 Å². The zero-order valence-electron chi connectivity index (χ0n) is 12.6. The van der Waals surface area contributed by atoms with Gasteiger partial charge in [0.1, 0.15) is 0 Å². The van der Waals surface area contributed by atoms with Crippen LogP contribution in [0.15, 0.2) is 0 Å². The number of hydrogen-bond acceptors (Lipinski definition) is 4. The second kappa shape index (κ2) is 7.81. The fourth-order valence-electron chi connectivity index (χ4n) is 2.66. The van der Waals surface area contributed by atoms with E-state index in [1.165, 1.54) is 6.42 Å². The van der Waals surface area contributed by atoms with Crippen LogP contribution in [0, 0.1) is 5.41 Å². The van der Waals surface area contributed by atoms with Gasteiger partial charge in [-0.1, -0.05) is 20.8 Å². The van der Waals surface area contributed by atoms with Crippen molar-refractivity contribution in [1.82, 2.24) is 10.2 Å². The van der Waals surface area contributed by atoms with Crippen LogP contribution < -0.4 is 5.32 Å². The van der Waals surface area contributed by atoms with E-state index in [0.717, 1.165) is 26.2 Å². The van der Waals surface area contributed by atoms with Crippen molar-refractivity contribution in [2.24, 2.45) is 5.41 Å². The third-order valence-corrected chi connectivity index (χ3v) is 5.88. The van der Waals surface area contributed by atoms with Crippen molar-refractivity contribution in [1.29, 1.82) is 0 Å². The molecule has 1 heterocycles. The average molecular weight is 313 g/mol. The topological polar surface area (TPSA) is 49.4 Å². The molecule has 1 saturated heterocycles. The number of halogens is 1. The molecule has 0 aromatic heterocycles. The summed E-state index contributed by atoms with van der Waals surface area (Å²) >= 11 is 0. The SMILES string of the molecule is CCN(CC1(C)CCNC1)C(C)CS(=O)(=O)CC.Cl. The third kappa shape index (κ3) is 5.98. The molecular weight excluding hydrogens is 284 g/mol. The van der Waals surface area contributed by atoms with E-state index in [4.69, 9.17) is 0 Å². The van der Waals surface area contributed by atoms with Crippen molar-refractivity contribution < 1.29 is 8.42 Å². The van der Waals surface area contributed by atoms with Gasteiger partial charge in [0.05, 0.1) is 5.75 Å².